The van der Waals surface area contributed by atoms with Gasteiger partial charge in [-0.3, -0.25) is 0 Å². The molecule has 0 aromatic heterocycles. The molecule has 1 unspecified atom stereocenters. The second-order valence-corrected chi connectivity index (χ2v) is 7.28. The van der Waals surface area contributed by atoms with E-state index in [2.05, 4.69) is 19.2 Å². The third kappa shape index (κ3) is 3.41. The van der Waals surface area contributed by atoms with E-state index in [1.807, 2.05) is 11.8 Å². The number of carbonyl (C=O) groups is 1. The Kier molecular flexibility index (Phi) is 4.86. The van der Waals surface area contributed by atoms with Crippen LogP contribution in [-0.4, -0.2) is 30.6 Å². The molecule has 0 amide bonds. The number of esters is 1. The lowest BCUT2D eigenvalue weighted by atomic mass is 9.82. The van der Waals surface area contributed by atoms with E-state index in [1.54, 1.807) is 18.2 Å². The summed E-state index contributed by atoms with van der Waals surface area (Å²) < 4.78 is 4.83. The maximum absolute atomic E-state index is 11.8. The molecule has 1 aliphatic heterocycles. The summed E-state index contributed by atoms with van der Waals surface area (Å²) in [5.74, 6) is 1.87. The maximum atomic E-state index is 11.8. The molecule has 1 aliphatic rings. The summed E-state index contributed by atoms with van der Waals surface area (Å²) in [4.78, 5) is 11.8. The Hall–Kier alpha value is -0.870. The van der Waals surface area contributed by atoms with Gasteiger partial charge >= 0.3 is 5.97 Å². The van der Waals surface area contributed by atoms with Crippen molar-refractivity contribution in [3.63, 3.8) is 0 Å². The van der Waals surface area contributed by atoms with Crippen LogP contribution in [-0.2, 0) is 4.74 Å². The highest BCUT2D eigenvalue weighted by Gasteiger charge is 2.33. The molecule has 1 aromatic rings. The number of benzene rings is 1. The number of anilines is 1. The SMILES string of the molecule is COC(=O)c1ccc(Cl)cc1NC1CSCCC1(C)C. The molecule has 0 bridgehead atoms. The van der Waals surface area contributed by atoms with Crippen molar-refractivity contribution in [1.29, 1.82) is 0 Å². The lowest BCUT2D eigenvalue weighted by Gasteiger charge is -2.39. The predicted octanol–water partition coefficient (Wildman–Crippen LogP) is 4.07. The lowest BCUT2D eigenvalue weighted by Crippen LogP contribution is -2.42. The number of hydrogen-bond donors (Lipinski definition) is 1. The normalized spacial score (nSPS) is 21.3. The summed E-state index contributed by atoms with van der Waals surface area (Å²) in [6.45, 7) is 4.51. The van der Waals surface area contributed by atoms with Crippen LogP contribution in [0, 0.1) is 5.41 Å². The van der Waals surface area contributed by atoms with E-state index in [-0.39, 0.29) is 11.4 Å². The molecule has 1 aromatic carbocycles. The monoisotopic (exact) mass is 313 g/mol. The van der Waals surface area contributed by atoms with Gasteiger partial charge in [-0.1, -0.05) is 25.4 Å². The summed E-state index contributed by atoms with van der Waals surface area (Å²) in [7, 11) is 1.39. The highest BCUT2D eigenvalue weighted by Crippen LogP contribution is 2.37. The van der Waals surface area contributed by atoms with Gasteiger partial charge in [0, 0.05) is 16.8 Å². The third-order valence-electron chi connectivity index (χ3n) is 3.84. The molecule has 20 heavy (non-hydrogen) atoms. The number of ether oxygens (including phenoxy) is 1. The topological polar surface area (TPSA) is 38.3 Å². The van der Waals surface area contributed by atoms with E-state index in [1.165, 1.54) is 12.9 Å². The number of nitrogens with one attached hydrogen (secondary N) is 1. The van der Waals surface area contributed by atoms with Gasteiger partial charge in [0.25, 0.3) is 0 Å². The van der Waals surface area contributed by atoms with Crippen molar-refractivity contribution in [1.82, 2.24) is 0 Å². The second kappa shape index (κ2) is 6.27. The summed E-state index contributed by atoms with van der Waals surface area (Å²) >= 11 is 7.99. The first-order valence-electron chi connectivity index (χ1n) is 6.66. The fourth-order valence-corrected chi connectivity index (χ4v) is 4.06. The third-order valence-corrected chi connectivity index (χ3v) is 5.13. The molecule has 0 aliphatic carbocycles. The van der Waals surface area contributed by atoms with Crippen LogP contribution in [0.3, 0.4) is 0 Å². The van der Waals surface area contributed by atoms with Crippen LogP contribution in [0.1, 0.15) is 30.6 Å². The van der Waals surface area contributed by atoms with Crippen molar-refractivity contribution in [2.24, 2.45) is 5.41 Å². The number of carbonyl (C=O) groups excluding carboxylic acids is 1. The van der Waals surface area contributed by atoms with Crippen molar-refractivity contribution in [2.45, 2.75) is 26.3 Å². The van der Waals surface area contributed by atoms with Crippen molar-refractivity contribution < 1.29 is 9.53 Å². The van der Waals surface area contributed by atoms with Gasteiger partial charge in [-0.15, -0.1) is 0 Å². The molecule has 1 saturated heterocycles. The largest absolute Gasteiger partial charge is 0.465 e. The number of thioether (sulfide) groups is 1. The van der Waals surface area contributed by atoms with Crippen molar-refractivity contribution >= 4 is 35.0 Å². The van der Waals surface area contributed by atoms with Gasteiger partial charge in [0.15, 0.2) is 0 Å². The van der Waals surface area contributed by atoms with Crippen LogP contribution >= 0.6 is 23.4 Å². The maximum Gasteiger partial charge on any atom is 0.339 e. The van der Waals surface area contributed by atoms with Crippen LogP contribution < -0.4 is 5.32 Å². The van der Waals surface area contributed by atoms with E-state index < -0.39 is 0 Å². The molecule has 2 rings (SSSR count). The highest BCUT2D eigenvalue weighted by atomic mass is 35.5. The molecule has 0 saturated carbocycles. The summed E-state index contributed by atoms with van der Waals surface area (Å²) in [6.07, 6.45) is 1.16. The number of methoxy groups -OCH3 is 1. The summed E-state index contributed by atoms with van der Waals surface area (Å²) in [5.41, 5.74) is 1.48. The minimum atomic E-state index is -0.342. The Balaban J connectivity index is 2.27. The van der Waals surface area contributed by atoms with Crippen molar-refractivity contribution in [3.8, 4) is 0 Å². The average Bonchev–Trinajstić information content (AvgIpc) is 2.40. The molecule has 1 fully saturated rings. The standard InChI is InChI=1S/C15H20ClNO2S/c1-15(2)6-7-20-9-13(15)17-12-8-10(16)4-5-11(12)14(18)19-3/h4-5,8,13,17H,6-7,9H2,1-3H3. The molecule has 1 N–H and O–H groups in total. The van der Waals surface area contributed by atoms with Crippen LogP contribution in [0.15, 0.2) is 18.2 Å². The van der Waals surface area contributed by atoms with E-state index in [9.17, 15) is 4.79 Å². The van der Waals surface area contributed by atoms with Crippen LogP contribution in [0.2, 0.25) is 5.02 Å². The Morgan fingerprint density at radius 1 is 1.50 bits per heavy atom. The molecular weight excluding hydrogens is 294 g/mol. The van der Waals surface area contributed by atoms with Gasteiger partial charge in [-0.05, 0) is 35.8 Å². The first-order chi connectivity index (χ1) is 9.44. The van der Waals surface area contributed by atoms with E-state index in [0.29, 0.717) is 16.6 Å². The molecule has 1 atom stereocenters. The Morgan fingerprint density at radius 2 is 2.25 bits per heavy atom. The van der Waals surface area contributed by atoms with Gasteiger partial charge < -0.3 is 10.1 Å². The van der Waals surface area contributed by atoms with Gasteiger partial charge in [0.05, 0.1) is 18.4 Å². The molecule has 0 spiro atoms. The smallest absolute Gasteiger partial charge is 0.339 e. The molecule has 3 nitrogen and oxygen atoms in total. The fourth-order valence-electron chi connectivity index (χ4n) is 2.28. The van der Waals surface area contributed by atoms with Crippen LogP contribution in [0.25, 0.3) is 0 Å². The fraction of sp³-hybridized carbons (Fsp3) is 0.533. The van der Waals surface area contributed by atoms with Crippen molar-refractivity contribution in [3.05, 3.63) is 28.8 Å². The highest BCUT2D eigenvalue weighted by molar-refractivity contribution is 7.99. The Bertz CT molecular complexity index is 505. The number of rotatable bonds is 3. The van der Waals surface area contributed by atoms with Gasteiger partial charge in [-0.25, -0.2) is 4.79 Å². The van der Waals surface area contributed by atoms with Crippen molar-refractivity contribution in [2.75, 3.05) is 23.9 Å². The molecule has 1 heterocycles. The quantitative estimate of drug-likeness (QED) is 0.854. The average molecular weight is 314 g/mol. The Morgan fingerprint density at radius 3 is 2.90 bits per heavy atom. The molecule has 110 valence electrons. The minimum Gasteiger partial charge on any atom is -0.465 e. The molecular formula is C15H20ClNO2S. The summed E-state index contributed by atoms with van der Waals surface area (Å²) in [6, 6.07) is 5.52. The van der Waals surface area contributed by atoms with Gasteiger partial charge in [-0.2, -0.15) is 11.8 Å². The zero-order valence-corrected chi connectivity index (χ0v) is 13.6. The van der Waals surface area contributed by atoms with Crippen LogP contribution in [0.4, 0.5) is 5.69 Å². The van der Waals surface area contributed by atoms with Gasteiger partial charge in [0.2, 0.25) is 0 Å². The number of hydrogen-bond acceptors (Lipinski definition) is 4. The molecule has 5 heteroatoms. The zero-order valence-electron chi connectivity index (χ0n) is 12.0. The second-order valence-electron chi connectivity index (χ2n) is 5.69. The van der Waals surface area contributed by atoms with Gasteiger partial charge in [0.1, 0.15) is 0 Å². The lowest BCUT2D eigenvalue weighted by molar-refractivity contribution is 0.0601. The van der Waals surface area contributed by atoms with E-state index in [4.69, 9.17) is 16.3 Å². The van der Waals surface area contributed by atoms with Crippen LogP contribution in [0.5, 0.6) is 0 Å². The zero-order chi connectivity index (χ0) is 14.8. The summed E-state index contributed by atoms with van der Waals surface area (Å²) in [5, 5.41) is 4.10. The number of halogens is 1. The van der Waals surface area contributed by atoms with E-state index >= 15 is 0 Å². The van der Waals surface area contributed by atoms with E-state index in [0.717, 1.165) is 17.9 Å². The first kappa shape index (κ1) is 15.5. The minimum absolute atomic E-state index is 0.195. The first-order valence-corrected chi connectivity index (χ1v) is 8.19. The Labute approximate surface area is 129 Å². The predicted molar refractivity (Wildman–Crippen MR) is 85.9 cm³/mol. The molecule has 0 radical (unpaired) electrons.